The second-order valence-corrected chi connectivity index (χ2v) is 3.19. The van der Waals surface area contributed by atoms with E-state index in [1.807, 2.05) is 0 Å². The fourth-order valence-electron chi connectivity index (χ4n) is 1.10. The minimum atomic E-state index is -1.10. The SMILES string of the molecule is COc1ccc(N=C(N)CCl)c(C(=O)O)c1. The number of aliphatic imine (C=N–C) groups is 1. The highest BCUT2D eigenvalue weighted by Gasteiger charge is 2.11. The van der Waals surface area contributed by atoms with Gasteiger partial charge in [-0.2, -0.15) is 0 Å². The molecule has 16 heavy (non-hydrogen) atoms. The molecule has 3 N–H and O–H groups in total. The second kappa shape index (κ2) is 5.37. The Hall–Kier alpha value is -1.75. The first kappa shape index (κ1) is 12.3. The number of benzene rings is 1. The van der Waals surface area contributed by atoms with Crippen LogP contribution in [0.25, 0.3) is 0 Å². The van der Waals surface area contributed by atoms with Gasteiger partial charge in [0.15, 0.2) is 0 Å². The molecule has 1 rings (SSSR count). The number of carbonyl (C=O) groups is 1. The van der Waals surface area contributed by atoms with Gasteiger partial charge in [-0.1, -0.05) is 0 Å². The van der Waals surface area contributed by atoms with Crippen LogP contribution in [-0.2, 0) is 0 Å². The van der Waals surface area contributed by atoms with E-state index in [2.05, 4.69) is 4.99 Å². The maximum Gasteiger partial charge on any atom is 0.338 e. The number of hydrogen-bond acceptors (Lipinski definition) is 3. The number of nitrogens with two attached hydrogens (primary N) is 1. The Morgan fingerprint density at radius 2 is 2.31 bits per heavy atom. The molecule has 0 unspecified atom stereocenters. The summed E-state index contributed by atoms with van der Waals surface area (Å²) in [6.45, 7) is 0. The molecule has 6 heteroatoms. The lowest BCUT2D eigenvalue weighted by Gasteiger charge is -2.05. The van der Waals surface area contributed by atoms with Crippen molar-refractivity contribution in [3.63, 3.8) is 0 Å². The molecule has 1 aromatic rings. The predicted octanol–water partition coefficient (Wildman–Crippen LogP) is 1.62. The van der Waals surface area contributed by atoms with Gasteiger partial charge in [0.1, 0.15) is 11.6 Å². The molecular weight excluding hydrogens is 232 g/mol. The molecule has 1 aromatic carbocycles. The number of amidine groups is 1. The van der Waals surface area contributed by atoms with Crippen molar-refractivity contribution in [2.24, 2.45) is 10.7 Å². The van der Waals surface area contributed by atoms with Crippen molar-refractivity contribution in [1.29, 1.82) is 0 Å². The molecule has 0 heterocycles. The average Bonchev–Trinajstić information content (AvgIpc) is 2.29. The number of carboxylic acids is 1. The molecule has 0 aliphatic rings. The number of alkyl halides is 1. The molecule has 86 valence electrons. The monoisotopic (exact) mass is 242 g/mol. The zero-order chi connectivity index (χ0) is 12.1. The number of rotatable bonds is 4. The van der Waals surface area contributed by atoms with Crippen LogP contribution in [0.1, 0.15) is 10.4 Å². The van der Waals surface area contributed by atoms with Crippen LogP contribution >= 0.6 is 11.6 Å². The van der Waals surface area contributed by atoms with Gasteiger partial charge >= 0.3 is 5.97 Å². The van der Waals surface area contributed by atoms with Crippen LogP contribution in [0.15, 0.2) is 23.2 Å². The first-order chi connectivity index (χ1) is 7.58. The average molecular weight is 243 g/mol. The molecule has 0 aliphatic carbocycles. The lowest BCUT2D eigenvalue weighted by molar-refractivity contribution is 0.0697. The van der Waals surface area contributed by atoms with E-state index in [1.54, 1.807) is 6.07 Å². The fourth-order valence-corrected chi connectivity index (χ4v) is 1.16. The zero-order valence-corrected chi connectivity index (χ0v) is 9.36. The topological polar surface area (TPSA) is 84.9 Å². The largest absolute Gasteiger partial charge is 0.497 e. The first-order valence-corrected chi connectivity index (χ1v) is 4.92. The van der Waals surface area contributed by atoms with Gasteiger partial charge in [0.25, 0.3) is 0 Å². The Morgan fingerprint density at radius 1 is 1.62 bits per heavy atom. The van der Waals surface area contributed by atoms with E-state index in [4.69, 9.17) is 27.2 Å². The Kier molecular flexibility index (Phi) is 4.13. The van der Waals surface area contributed by atoms with Crippen molar-refractivity contribution in [1.82, 2.24) is 0 Å². The minimum Gasteiger partial charge on any atom is -0.497 e. The van der Waals surface area contributed by atoms with E-state index < -0.39 is 5.97 Å². The maximum atomic E-state index is 11.0. The quantitative estimate of drug-likeness (QED) is 0.477. The van der Waals surface area contributed by atoms with Crippen molar-refractivity contribution in [3.05, 3.63) is 23.8 Å². The van der Waals surface area contributed by atoms with E-state index in [9.17, 15) is 4.79 Å². The van der Waals surface area contributed by atoms with Gasteiger partial charge in [-0.3, -0.25) is 0 Å². The van der Waals surface area contributed by atoms with Crippen LogP contribution in [0.3, 0.4) is 0 Å². The molecule has 0 saturated heterocycles. The van der Waals surface area contributed by atoms with E-state index in [0.717, 1.165) is 0 Å². The molecular formula is C10H11ClN2O3. The van der Waals surface area contributed by atoms with Crippen molar-refractivity contribution in [2.75, 3.05) is 13.0 Å². The standard InChI is InChI=1S/C10H11ClN2O3/c1-16-6-2-3-8(13-9(12)5-11)7(4-6)10(14)15/h2-4H,5H2,1H3,(H2,12,13)(H,14,15). The Labute approximate surface area is 97.5 Å². The summed E-state index contributed by atoms with van der Waals surface area (Å²) in [4.78, 5) is 14.9. The molecule has 5 nitrogen and oxygen atoms in total. The molecule has 0 aliphatic heterocycles. The summed E-state index contributed by atoms with van der Waals surface area (Å²) < 4.78 is 4.92. The van der Waals surface area contributed by atoms with E-state index in [-0.39, 0.29) is 23.0 Å². The summed E-state index contributed by atoms with van der Waals surface area (Å²) in [6.07, 6.45) is 0. The summed E-state index contributed by atoms with van der Waals surface area (Å²) >= 11 is 5.46. The number of methoxy groups -OCH3 is 1. The highest BCUT2D eigenvalue weighted by Crippen LogP contribution is 2.24. The fraction of sp³-hybridized carbons (Fsp3) is 0.200. The Bertz CT molecular complexity index is 432. The molecule has 0 amide bonds. The van der Waals surface area contributed by atoms with Gasteiger partial charge in [-0.25, -0.2) is 9.79 Å². The predicted molar refractivity (Wildman–Crippen MR) is 62.0 cm³/mol. The zero-order valence-electron chi connectivity index (χ0n) is 8.61. The molecule has 0 spiro atoms. The third-order valence-electron chi connectivity index (χ3n) is 1.84. The van der Waals surface area contributed by atoms with Crippen LogP contribution < -0.4 is 10.5 Å². The summed E-state index contributed by atoms with van der Waals surface area (Å²) in [5, 5.41) is 8.97. The summed E-state index contributed by atoms with van der Waals surface area (Å²) in [6, 6.07) is 4.50. The van der Waals surface area contributed by atoms with E-state index in [0.29, 0.717) is 5.75 Å². The van der Waals surface area contributed by atoms with Crippen molar-refractivity contribution < 1.29 is 14.6 Å². The lowest BCUT2D eigenvalue weighted by Crippen LogP contribution is -2.12. The maximum absolute atomic E-state index is 11.0. The molecule has 0 radical (unpaired) electrons. The summed E-state index contributed by atoms with van der Waals surface area (Å²) in [7, 11) is 1.46. The number of nitrogens with zero attached hydrogens (tertiary/aromatic N) is 1. The van der Waals surface area contributed by atoms with Gasteiger partial charge in [-0.15, -0.1) is 11.6 Å². The highest BCUT2D eigenvalue weighted by molar-refractivity contribution is 6.28. The summed E-state index contributed by atoms with van der Waals surface area (Å²) in [5.41, 5.74) is 5.72. The minimum absolute atomic E-state index is 0.0208. The molecule has 0 fully saturated rings. The third-order valence-corrected chi connectivity index (χ3v) is 2.11. The van der Waals surface area contributed by atoms with Gasteiger partial charge in [0, 0.05) is 0 Å². The van der Waals surface area contributed by atoms with Gasteiger partial charge in [-0.05, 0) is 18.2 Å². The van der Waals surface area contributed by atoms with Gasteiger partial charge in [0.05, 0.1) is 24.2 Å². The molecule has 0 bridgehead atoms. The molecule has 0 saturated carbocycles. The number of halogens is 1. The number of aromatic carboxylic acids is 1. The number of carboxylic acid groups (broad SMARTS) is 1. The van der Waals surface area contributed by atoms with Crippen LogP contribution in [-0.4, -0.2) is 29.9 Å². The van der Waals surface area contributed by atoms with Gasteiger partial charge < -0.3 is 15.6 Å². The second-order valence-electron chi connectivity index (χ2n) is 2.93. The van der Waals surface area contributed by atoms with Crippen LogP contribution in [0, 0.1) is 0 Å². The van der Waals surface area contributed by atoms with Crippen molar-refractivity contribution in [3.8, 4) is 5.75 Å². The Morgan fingerprint density at radius 3 is 2.81 bits per heavy atom. The van der Waals surface area contributed by atoms with E-state index >= 15 is 0 Å². The smallest absolute Gasteiger partial charge is 0.338 e. The highest BCUT2D eigenvalue weighted by atomic mass is 35.5. The van der Waals surface area contributed by atoms with Crippen LogP contribution in [0.4, 0.5) is 5.69 Å². The van der Waals surface area contributed by atoms with Crippen molar-refractivity contribution in [2.45, 2.75) is 0 Å². The number of hydrogen-bond donors (Lipinski definition) is 2. The van der Waals surface area contributed by atoms with Crippen LogP contribution in [0.5, 0.6) is 5.75 Å². The van der Waals surface area contributed by atoms with Crippen LogP contribution in [0.2, 0.25) is 0 Å². The van der Waals surface area contributed by atoms with E-state index in [1.165, 1.54) is 19.2 Å². The summed E-state index contributed by atoms with van der Waals surface area (Å²) in [5.74, 6) is -0.444. The third kappa shape index (κ3) is 2.87. The molecule has 0 aromatic heterocycles. The lowest BCUT2D eigenvalue weighted by atomic mass is 10.1. The molecule has 0 atom stereocenters. The normalized spacial score (nSPS) is 11.2. The Balaban J connectivity index is 3.23. The first-order valence-electron chi connectivity index (χ1n) is 4.38. The van der Waals surface area contributed by atoms with Crippen molar-refractivity contribution >= 4 is 29.1 Å². The van der Waals surface area contributed by atoms with Gasteiger partial charge in [0.2, 0.25) is 0 Å². The number of ether oxygens (including phenoxy) is 1.